The van der Waals surface area contributed by atoms with E-state index in [1.165, 1.54) is 10.0 Å². The summed E-state index contributed by atoms with van der Waals surface area (Å²) in [4.78, 5) is 0. The van der Waals surface area contributed by atoms with E-state index in [1.54, 1.807) is 14.2 Å². The molecular weight excluding hydrogens is 303 g/mol. The quantitative estimate of drug-likeness (QED) is 0.762. The average molecular weight is 321 g/mol. The molecule has 0 aromatic heterocycles. The third kappa shape index (κ3) is 4.10. The fourth-order valence-electron chi connectivity index (χ4n) is 1.81. The van der Waals surface area contributed by atoms with Crippen LogP contribution in [0.15, 0.2) is 54.6 Å². The Balaban J connectivity index is 1.96. The van der Waals surface area contributed by atoms with Gasteiger partial charge in [-0.05, 0) is 0 Å². The maximum atomic E-state index is 5.59. The Morgan fingerprint density at radius 2 is 1.63 bits per heavy atom. The molecule has 3 heteroatoms. The first-order valence-electron chi connectivity index (χ1n) is 6.18. The monoisotopic (exact) mass is 322 g/mol. The molecule has 19 heavy (non-hydrogen) atoms. The molecule has 0 saturated heterocycles. The van der Waals surface area contributed by atoms with Crippen LogP contribution in [0, 0.1) is 0 Å². The molecule has 2 nitrogen and oxygen atoms in total. The number of hydrogen-bond donors (Lipinski definition) is 0. The predicted octanol–water partition coefficient (Wildman–Crippen LogP) is 2.83. The van der Waals surface area contributed by atoms with Crippen LogP contribution in [-0.4, -0.2) is 29.2 Å². The van der Waals surface area contributed by atoms with Gasteiger partial charge in [0.1, 0.15) is 0 Å². The van der Waals surface area contributed by atoms with Gasteiger partial charge in [-0.1, -0.05) is 0 Å². The van der Waals surface area contributed by atoms with Crippen LogP contribution in [0.25, 0.3) is 0 Å². The summed E-state index contributed by atoms with van der Waals surface area (Å²) < 4.78 is 12.1. The summed E-state index contributed by atoms with van der Waals surface area (Å²) in [5, 5.41) is 1.04. The molecule has 0 spiro atoms. The minimum absolute atomic E-state index is 0.184. The van der Waals surface area contributed by atoms with E-state index < -0.39 is 0 Å². The Kier molecular flexibility index (Phi) is 5.46. The van der Waals surface area contributed by atoms with Gasteiger partial charge in [0.05, 0.1) is 0 Å². The van der Waals surface area contributed by atoms with E-state index in [4.69, 9.17) is 9.47 Å². The molecule has 0 aliphatic rings. The van der Waals surface area contributed by atoms with Crippen LogP contribution in [0.3, 0.4) is 0 Å². The Bertz CT molecular complexity index is 482. The van der Waals surface area contributed by atoms with Crippen LogP contribution in [-0.2, 0) is 4.74 Å². The summed E-state index contributed by atoms with van der Waals surface area (Å²) in [6.07, 6.45) is 0.184. The van der Waals surface area contributed by atoms with E-state index in [0.29, 0.717) is 15.0 Å². The first-order chi connectivity index (χ1) is 9.33. The second-order valence-electron chi connectivity index (χ2n) is 4.12. The van der Waals surface area contributed by atoms with Gasteiger partial charge in [0.25, 0.3) is 0 Å². The number of methoxy groups -OCH3 is 2. The van der Waals surface area contributed by atoms with E-state index >= 15 is 0 Å². The molecule has 0 N–H and O–H groups in total. The fraction of sp³-hybridized carbons (Fsp3) is 0.250. The molecule has 100 valence electrons. The average Bonchev–Trinajstić information content (AvgIpc) is 2.49. The second-order valence-corrected chi connectivity index (χ2v) is 6.42. The van der Waals surface area contributed by atoms with Crippen LogP contribution in [0.4, 0.5) is 0 Å². The van der Waals surface area contributed by atoms with E-state index in [-0.39, 0.29) is 6.10 Å². The summed E-state index contributed by atoms with van der Waals surface area (Å²) in [5.74, 6) is 0.908. The molecule has 0 heterocycles. The van der Waals surface area contributed by atoms with Crippen LogP contribution in [0.1, 0.15) is 11.7 Å². The number of hydrogen-bond acceptors (Lipinski definition) is 2. The Hall–Kier alpha value is -1.28. The van der Waals surface area contributed by atoms with Crippen molar-refractivity contribution in [3.63, 3.8) is 0 Å². The molecule has 1 unspecified atom stereocenters. The number of benzene rings is 2. The zero-order valence-corrected chi connectivity index (χ0v) is 12.9. The maximum absolute atomic E-state index is 5.59. The fourth-order valence-corrected chi connectivity index (χ4v) is 3.91. The van der Waals surface area contributed by atoms with Gasteiger partial charge >= 0.3 is 120 Å². The van der Waals surface area contributed by atoms with Gasteiger partial charge in [-0.25, -0.2) is 0 Å². The van der Waals surface area contributed by atoms with Crippen LogP contribution in [0.5, 0.6) is 5.75 Å². The summed E-state index contributed by atoms with van der Waals surface area (Å²) in [6, 6.07) is 18.7. The first kappa shape index (κ1) is 14.1. The van der Waals surface area contributed by atoms with Crippen molar-refractivity contribution < 1.29 is 9.47 Å². The third-order valence-electron chi connectivity index (χ3n) is 2.92. The standard InChI is InChI=1S/C16H18O2Se/c1-17-14-8-10-15(11-9-14)19-12-16(18-2)13-6-4-3-5-7-13/h3-11,16H,12H2,1-2H3. The third-order valence-corrected chi connectivity index (χ3v) is 5.17. The summed E-state index contributed by atoms with van der Waals surface area (Å²) in [7, 11) is 3.47. The van der Waals surface area contributed by atoms with E-state index in [2.05, 4.69) is 36.4 Å². The van der Waals surface area contributed by atoms with Crippen molar-refractivity contribution in [1.82, 2.24) is 0 Å². The van der Waals surface area contributed by atoms with Crippen molar-refractivity contribution >= 4 is 19.4 Å². The second kappa shape index (κ2) is 7.34. The zero-order valence-electron chi connectivity index (χ0n) is 11.2. The topological polar surface area (TPSA) is 18.5 Å². The van der Waals surface area contributed by atoms with Gasteiger partial charge in [-0.15, -0.1) is 0 Å². The van der Waals surface area contributed by atoms with Crippen molar-refractivity contribution in [3.8, 4) is 5.75 Å². The molecule has 0 radical (unpaired) electrons. The molecule has 2 aromatic rings. The molecule has 0 aliphatic carbocycles. The number of ether oxygens (including phenoxy) is 2. The molecule has 0 bridgehead atoms. The minimum atomic E-state index is 0.184. The van der Waals surface area contributed by atoms with Crippen molar-refractivity contribution in [3.05, 3.63) is 60.2 Å². The first-order valence-corrected chi connectivity index (χ1v) is 8.25. The summed E-state index contributed by atoms with van der Waals surface area (Å²) >= 11 is 0.406. The SMILES string of the molecule is COc1ccc([Se]CC(OC)c2ccccc2)cc1. The van der Waals surface area contributed by atoms with Crippen molar-refractivity contribution in [2.24, 2.45) is 0 Å². The Morgan fingerprint density at radius 3 is 2.21 bits per heavy atom. The molecular formula is C16H18O2Se. The van der Waals surface area contributed by atoms with E-state index in [1.807, 2.05) is 18.2 Å². The molecule has 0 amide bonds. The molecule has 0 aliphatic heterocycles. The predicted molar refractivity (Wildman–Crippen MR) is 79.4 cm³/mol. The number of rotatable bonds is 6. The summed E-state index contributed by atoms with van der Waals surface area (Å²) in [6.45, 7) is 0. The molecule has 0 fully saturated rings. The van der Waals surface area contributed by atoms with Crippen molar-refractivity contribution in [2.75, 3.05) is 14.2 Å². The zero-order chi connectivity index (χ0) is 13.5. The van der Waals surface area contributed by atoms with Crippen molar-refractivity contribution in [2.45, 2.75) is 11.4 Å². The van der Waals surface area contributed by atoms with Crippen LogP contribution in [0.2, 0.25) is 5.32 Å². The normalized spacial score (nSPS) is 12.1. The molecule has 2 aromatic carbocycles. The van der Waals surface area contributed by atoms with Gasteiger partial charge in [0.2, 0.25) is 0 Å². The van der Waals surface area contributed by atoms with Crippen molar-refractivity contribution in [1.29, 1.82) is 0 Å². The summed E-state index contributed by atoms with van der Waals surface area (Å²) in [5.41, 5.74) is 1.25. The molecule has 2 rings (SSSR count). The van der Waals surface area contributed by atoms with Gasteiger partial charge in [0, 0.05) is 0 Å². The molecule has 1 atom stereocenters. The van der Waals surface area contributed by atoms with Gasteiger partial charge in [-0.3, -0.25) is 0 Å². The van der Waals surface area contributed by atoms with Gasteiger partial charge in [-0.2, -0.15) is 0 Å². The van der Waals surface area contributed by atoms with E-state index in [9.17, 15) is 0 Å². The van der Waals surface area contributed by atoms with Crippen LogP contribution < -0.4 is 9.20 Å². The Morgan fingerprint density at radius 1 is 0.947 bits per heavy atom. The van der Waals surface area contributed by atoms with E-state index in [0.717, 1.165) is 11.1 Å². The molecule has 0 saturated carbocycles. The van der Waals surface area contributed by atoms with Crippen LogP contribution >= 0.6 is 0 Å². The van der Waals surface area contributed by atoms with Gasteiger partial charge in [0.15, 0.2) is 0 Å². The Labute approximate surface area is 120 Å². The van der Waals surface area contributed by atoms with Gasteiger partial charge < -0.3 is 0 Å².